The predicted octanol–water partition coefficient (Wildman–Crippen LogP) is 3.56. The van der Waals surface area contributed by atoms with E-state index in [0.29, 0.717) is 5.75 Å². The van der Waals surface area contributed by atoms with Crippen LogP contribution in [0.3, 0.4) is 0 Å². The van der Waals surface area contributed by atoms with E-state index in [1.807, 2.05) is 30.3 Å². The fraction of sp³-hybridized carbons (Fsp3) is 0.318. The lowest BCUT2D eigenvalue weighted by Gasteiger charge is -2.20. The zero-order chi connectivity index (χ0) is 20.6. The number of thioether (sulfide) groups is 1. The zero-order valence-electron chi connectivity index (χ0n) is 17.2. The third-order valence-electron chi connectivity index (χ3n) is 4.76. The number of aromatic nitrogens is 2. The summed E-state index contributed by atoms with van der Waals surface area (Å²) in [6.07, 6.45) is 1.67. The zero-order valence-corrected chi connectivity index (χ0v) is 18.0. The van der Waals surface area contributed by atoms with Crippen molar-refractivity contribution in [1.82, 2.24) is 10.4 Å². The quantitative estimate of drug-likeness (QED) is 0.245. The highest BCUT2D eigenvalue weighted by molar-refractivity contribution is 7.99. The van der Waals surface area contributed by atoms with E-state index in [4.69, 9.17) is 0 Å². The van der Waals surface area contributed by atoms with E-state index in [-0.39, 0.29) is 5.91 Å². The first-order valence-electron chi connectivity index (χ1n) is 9.96. The van der Waals surface area contributed by atoms with E-state index in [0.717, 1.165) is 41.4 Å². The molecule has 0 saturated heterocycles. The van der Waals surface area contributed by atoms with Gasteiger partial charge in [0.15, 0.2) is 11.0 Å². The molecule has 6 nitrogen and oxygen atoms in total. The molecule has 0 aliphatic rings. The fourth-order valence-corrected chi connectivity index (χ4v) is 4.14. The molecule has 0 radical (unpaired) electrons. The number of benzene rings is 2. The Balaban J connectivity index is 1.54. The Morgan fingerprint density at radius 2 is 1.86 bits per heavy atom. The molecule has 0 unspecified atom stereocenters. The van der Waals surface area contributed by atoms with E-state index in [1.165, 1.54) is 17.4 Å². The van der Waals surface area contributed by atoms with Crippen molar-refractivity contribution in [2.45, 2.75) is 32.5 Å². The van der Waals surface area contributed by atoms with Crippen LogP contribution < -0.4 is 14.9 Å². The highest BCUT2D eigenvalue weighted by Gasteiger charge is 2.18. The lowest BCUT2D eigenvalue weighted by atomic mass is 10.2. The summed E-state index contributed by atoms with van der Waals surface area (Å²) in [5.41, 5.74) is 6.97. The number of hydrogen-bond acceptors (Lipinski definition) is 4. The summed E-state index contributed by atoms with van der Waals surface area (Å²) in [6, 6.07) is 16.3. The molecule has 0 aliphatic carbocycles. The maximum atomic E-state index is 12.2. The van der Waals surface area contributed by atoms with Gasteiger partial charge in [-0.25, -0.2) is 15.0 Å². The highest BCUT2D eigenvalue weighted by atomic mass is 32.2. The molecule has 0 aliphatic heterocycles. The number of H-pyrrole nitrogens is 1. The van der Waals surface area contributed by atoms with Crippen molar-refractivity contribution >= 4 is 40.6 Å². The van der Waals surface area contributed by atoms with Gasteiger partial charge in [0.25, 0.3) is 5.91 Å². The minimum atomic E-state index is -0.132. The number of nitrogens with one attached hydrogen (secondary N) is 2. The average Bonchev–Trinajstić information content (AvgIpc) is 3.11. The van der Waals surface area contributed by atoms with Crippen LogP contribution in [0, 0.1) is 0 Å². The first kappa shape index (κ1) is 20.9. The SMILES string of the molecule is CCN(CC)c1ccc(C=NNC(=O)CSc2[nH]c3ccccc3[n+]2CC)cc1. The summed E-state index contributed by atoms with van der Waals surface area (Å²) in [5, 5.41) is 5.06. The van der Waals surface area contributed by atoms with Gasteiger partial charge in [-0.1, -0.05) is 24.3 Å². The maximum absolute atomic E-state index is 12.2. The molecular formula is C22H28N5OS+. The molecule has 0 saturated carbocycles. The molecule has 152 valence electrons. The van der Waals surface area contributed by atoms with E-state index in [1.54, 1.807) is 6.21 Å². The summed E-state index contributed by atoms with van der Waals surface area (Å²) in [6.45, 7) is 9.18. The Bertz CT molecular complexity index is 977. The van der Waals surface area contributed by atoms with Gasteiger partial charge in [-0.2, -0.15) is 5.10 Å². The van der Waals surface area contributed by atoms with Gasteiger partial charge in [0.2, 0.25) is 0 Å². The van der Waals surface area contributed by atoms with Crippen molar-refractivity contribution in [1.29, 1.82) is 0 Å². The number of carbonyl (C=O) groups is 1. The number of hydrazone groups is 1. The van der Waals surface area contributed by atoms with Gasteiger partial charge >= 0.3 is 5.16 Å². The number of para-hydroxylation sites is 2. The number of rotatable bonds is 9. The Morgan fingerprint density at radius 3 is 2.55 bits per heavy atom. The molecule has 1 heterocycles. The molecular weight excluding hydrogens is 382 g/mol. The summed E-state index contributed by atoms with van der Waals surface area (Å²) < 4.78 is 2.17. The summed E-state index contributed by atoms with van der Waals surface area (Å²) in [7, 11) is 0. The largest absolute Gasteiger partial charge is 0.372 e. The highest BCUT2D eigenvalue weighted by Crippen LogP contribution is 2.17. The molecule has 1 aromatic heterocycles. The van der Waals surface area contributed by atoms with Crippen molar-refractivity contribution in [2.75, 3.05) is 23.7 Å². The molecule has 0 spiro atoms. The van der Waals surface area contributed by atoms with Crippen molar-refractivity contribution in [2.24, 2.45) is 5.10 Å². The number of amides is 1. The Morgan fingerprint density at radius 1 is 1.14 bits per heavy atom. The molecule has 3 aromatic rings. The minimum Gasteiger partial charge on any atom is -0.372 e. The maximum Gasteiger partial charge on any atom is 0.317 e. The van der Waals surface area contributed by atoms with Crippen LogP contribution in [-0.4, -0.2) is 35.9 Å². The van der Waals surface area contributed by atoms with Gasteiger partial charge in [0.05, 0.1) is 18.5 Å². The van der Waals surface area contributed by atoms with Crippen molar-refractivity contribution < 1.29 is 9.36 Å². The predicted molar refractivity (Wildman–Crippen MR) is 121 cm³/mol. The van der Waals surface area contributed by atoms with Crippen LogP contribution in [0.15, 0.2) is 58.8 Å². The van der Waals surface area contributed by atoms with Gasteiger partial charge < -0.3 is 4.90 Å². The number of anilines is 1. The van der Waals surface area contributed by atoms with Gasteiger partial charge in [-0.3, -0.25) is 4.79 Å². The summed E-state index contributed by atoms with van der Waals surface area (Å²) >= 11 is 1.48. The Hall–Kier alpha value is -2.80. The molecule has 2 N–H and O–H groups in total. The Labute approximate surface area is 176 Å². The molecule has 3 rings (SSSR count). The average molecular weight is 411 g/mol. The van der Waals surface area contributed by atoms with E-state index in [2.05, 4.69) is 63.9 Å². The molecule has 0 atom stereocenters. The van der Waals surface area contributed by atoms with Crippen LogP contribution in [0.4, 0.5) is 5.69 Å². The summed E-state index contributed by atoms with van der Waals surface area (Å²) in [5.74, 6) is 0.165. The number of aromatic amines is 1. The number of aryl methyl sites for hydroxylation is 1. The third-order valence-corrected chi connectivity index (χ3v) is 5.76. The van der Waals surface area contributed by atoms with Crippen molar-refractivity contribution in [3.63, 3.8) is 0 Å². The molecule has 2 aromatic carbocycles. The second-order valence-electron chi connectivity index (χ2n) is 6.54. The van der Waals surface area contributed by atoms with Crippen LogP contribution in [0.25, 0.3) is 11.0 Å². The lowest BCUT2D eigenvalue weighted by Crippen LogP contribution is -2.34. The number of nitrogens with zero attached hydrogens (tertiary/aromatic N) is 3. The van der Waals surface area contributed by atoms with E-state index < -0.39 is 0 Å². The normalized spacial score (nSPS) is 11.3. The van der Waals surface area contributed by atoms with Crippen molar-refractivity contribution in [3.8, 4) is 0 Å². The standard InChI is InChI=1S/C22H27N5OS/c1-4-26(5-2)18-13-11-17(12-14-18)15-23-25-21(28)16-29-22-24-19-9-7-8-10-20(19)27(22)6-3/h7-15H,4-6,16H2,1-3H3,(H,25,28)/p+1. The molecule has 7 heteroatoms. The molecule has 0 fully saturated rings. The van der Waals surface area contributed by atoms with E-state index >= 15 is 0 Å². The number of imidazole rings is 1. The first-order chi connectivity index (χ1) is 14.2. The second kappa shape index (κ2) is 10.1. The van der Waals surface area contributed by atoms with Gasteiger partial charge in [-0.15, -0.1) is 0 Å². The van der Waals surface area contributed by atoms with Crippen LogP contribution in [0.2, 0.25) is 0 Å². The first-order valence-corrected chi connectivity index (χ1v) is 10.9. The van der Waals surface area contributed by atoms with Crippen LogP contribution in [0.1, 0.15) is 26.3 Å². The fourth-order valence-electron chi connectivity index (χ4n) is 3.24. The van der Waals surface area contributed by atoms with Gasteiger partial charge in [0.1, 0.15) is 0 Å². The van der Waals surface area contributed by atoms with Gasteiger partial charge in [0, 0.05) is 18.8 Å². The smallest absolute Gasteiger partial charge is 0.317 e. The van der Waals surface area contributed by atoms with Crippen LogP contribution in [-0.2, 0) is 11.3 Å². The molecule has 1 amide bonds. The van der Waals surface area contributed by atoms with E-state index in [9.17, 15) is 4.79 Å². The second-order valence-corrected chi connectivity index (χ2v) is 7.50. The van der Waals surface area contributed by atoms with Gasteiger partial charge in [-0.05, 0) is 62.4 Å². The number of hydrogen-bond donors (Lipinski definition) is 2. The van der Waals surface area contributed by atoms with Crippen molar-refractivity contribution in [3.05, 3.63) is 54.1 Å². The third kappa shape index (κ3) is 5.17. The number of carbonyl (C=O) groups excluding carboxylic acids is 1. The van der Waals surface area contributed by atoms with Crippen LogP contribution >= 0.6 is 11.8 Å². The molecule has 29 heavy (non-hydrogen) atoms. The summed E-state index contributed by atoms with van der Waals surface area (Å²) in [4.78, 5) is 17.8. The lowest BCUT2D eigenvalue weighted by molar-refractivity contribution is -0.705. The topological polar surface area (TPSA) is 64.4 Å². The Kier molecular flexibility index (Phi) is 7.30. The monoisotopic (exact) mass is 410 g/mol. The minimum absolute atomic E-state index is 0.132. The number of fused-ring (bicyclic) bond motifs is 1. The molecule has 0 bridgehead atoms. The van der Waals surface area contributed by atoms with Crippen LogP contribution in [0.5, 0.6) is 0 Å².